The van der Waals surface area contributed by atoms with Crippen molar-refractivity contribution in [3.63, 3.8) is 0 Å². The summed E-state index contributed by atoms with van der Waals surface area (Å²) in [6.07, 6.45) is 25.9. The van der Waals surface area contributed by atoms with E-state index in [-0.39, 0.29) is 0 Å². The van der Waals surface area contributed by atoms with Crippen LogP contribution < -0.4 is 4.90 Å². The Morgan fingerprint density at radius 3 is 0.921 bits per heavy atom. The first-order valence-corrected chi connectivity index (χ1v) is 18.4. The van der Waals surface area contributed by atoms with Gasteiger partial charge in [0.2, 0.25) is 0 Å². The van der Waals surface area contributed by atoms with Gasteiger partial charge < -0.3 is 18.5 Å². The van der Waals surface area contributed by atoms with E-state index < -0.39 is 20.2 Å². The van der Waals surface area contributed by atoms with Crippen LogP contribution in [0.5, 0.6) is 0 Å². The van der Waals surface area contributed by atoms with Gasteiger partial charge in [-0.25, -0.2) is 16.8 Å². The molecule has 0 atom stereocenters. The van der Waals surface area contributed by atoms with Crippen molar-refractivity contribution in [3.8, 4) is 0 Å². The molecule has 0 aliphatic carbocycles. The summed E-state index contributed by atoms with van der Waals surface area (Å²) >= 11 is 0. The van der Waals surface area contributed by atoms with Crippen molar-refractivity contribution < 1.29 is 35.3 Å². The number of hydrogen-bond donors (Lipinski definition) is 1. The predicted octanol–water partition coefficient (Wildman–Crippen LogP) is 4.82. The molecule has 0 saturated heterocycles. The second kappa shape index (κ2) is 29.7. The van der Waals surface area contributed by atoms with Crippen molar-refractivity contribution in [1.29, 1.82) is 0 Å². The molecule has 10 heteroatoms. The van der Waals surface area contributed by atoms with Crippen LogP contribution in [0.2, 0.25) is 0 Å². The fraction of sp³-hybridized carbons (Fsp3) is 1.00. The van der Waals surface area contributed by atoms with Gasteiger partial charge in [-0.05, 0) is 19.3 Å². The molecule has 0 amide bonds. The van der Waals surface area contributed by atoms with Crippen LogP contribution in [0.3, 0.4) is 0 Å². The fourth-order valence-corrected chi connectivity index (χ4v) is 3.81. The molecule has 0 fully saturated rings. The van der Waals surface area contributed by atoms with E-state index in [0.717, 1.165) is 0 Å². The summed E-state index contributed by atoms with van der Waals surface area (Å²) in [5.74, 6) is 0. The van der Waals surface area contributed by atoms with Gasteiger partial charge in [0.1, 0.15) is 0 Å². The molecule has 0 spiro atoms. The molecule has 0 aromatic rings. The van der Waals surface area contributed by atoms with E-state index in [0.29, 0.717) is 12.5 Å². The molecule has 0 radical (unpaired) electrons. The Morgan fingerprint density at radius 2 is 0.711 bits per heavy atom. The lowest BCUT2D eigenvalue weighted by Gasteiger charge is -2.29. The molecule has 0 unspecified atom stereocenters. The normalized spacial score (nSPS) is 11.6. The Hall–Kier alpha value is -0.260. The number of rotatable bonds is 19. The summed E-state index contributed by atoms with van der Waals surface area (Å²) in [5, 5.41) is 0. The lowest BCUT2D eigenvalue weighted by Crippen LogP contribution is -3.02. The molecule has 0 aliphatic heterocycles. The minimum atomic E-state index is -3.92. The third kappa shape index (κ3) is 83.4. The lowest BCUT2D eigenvalue weighted by atomic mass is 10.0. The van der Waals surface area contributed by atoms with Crippen molar-refractivity contribution in [2.24, 2.45) is 0 Å². The van der Waals surface area contributed by atoms with Crippen LogP contribution in [-0.4, -0.2) is 91.3 Å². The third-order valence-electron chi connectivity index (χ3n) is 5.45. The van der Waals surface area contributed by atoms with Crippen LogP contribution >= 0.6 is 0 Å². The first kappa shape index (κ1) is 44.7. The van der Waals surface area contributed by atoms with Gasteiger partial charge >= 0.3 is 0 Å². The zero-order valence-corrected chi connectivity index (χ0v) is 28.3. The van der Waals surface area contributed by atoms with Gasteiger partial charge in [0.25, 0.3) is 0 Å². The highest BCUT2D eigenvalue weighted by molar-refractivity contribution is 7.85. The van der Waals surface area contributed by atoms with Crippen LogP contribution in [0, 0.1) is 0 Å². The van der Waals surface area contributed by atoms with Crippen LogP contribution in [-0.2, 0) is 20.2 Å². The summed E-state index contributed by atoms with van der Waals surface area (Å²) in [4.78, 5) is 1.42. The highest BCUT2D eigenvalue weighted by Gasteiger charge is 2.11. The van der Waals surface area contributed by atoms with Gasteiger partial charge in [-0.2, -0.15) is 0 Å². The Balaban J connectivity index is -0.000000335. The molecular formula is C28H66N2O6S2. The third-order valence-corrected chi connectivity index (χ3v) is 5.45. The first-order valence-electron chi connectivity index (χ1n) is 14.8. The van der Waals surface area contributed by atoms with Gasteiger partial charge in [0.05, 0.1) is 68.6 Å². The molecule has 0 aromatic heterocycles. The number of hydrogen-bond acceptors (Lipinski definition) is 6. The maximum Gasteiger partial charge on any atom is 0.0916 e. The number of nitrogens with zero attached hydrogens (tertiary/aromatic N) is 1. The average Bonchev–Trinajstić information content (AvgIpc) is 2.70. The maximum atomic E-state index is 9.08. The zero-order valence-electron chi connectivity index (χ0n) is 26.6. The first-order chi connectivity index (χ1) is 17.4. The van der Waals surface area contributed by atoms with Crippen LogP contribution in [0.15, 0.2) is 0 Å². The van der Waals surface area contributed by atoms with Gasteiger partial charge in [-0.1, -0.05) is 104 Å². The molecule has 236 valence electrons. The smallest absolute Gasteiger partial charge is 0.0916 e. The number of unbranched alkanes of at least 4 members (excludes halogenated alkanes) is 15. The molecule has 0 aromatic carbocycles. The van der Waals surface area contributed by atoms with Crippen molar-refractivity contribution in [3.05, 3.63) is 0 Å². The van der Waals surface area contributed by atoms with Crippen LogP contribution in [0.25, 0.3) is 0 Å². The summed E-state index contributed by atoms with van der Waals surface area (Å²) in [7, 11) is 3.18. The predicted molar refractivity (Wildman–Crippen MR) is 162 cm³/mol. The minimum absolute atomic E-state index is 0.604. The van der Waals surface area contributed by atoms with E-state index in [1.807, 2.05) is 0 Å². The molecule has 0 rings (SSSR count). The van der Waals surface area contributed by atoms with Gasteiger partial charge in [0.15, 0.2) is 0 Å². The van der Waals surface area contributed by atoms with E-state index in [2.05, 4.69) is 49.1 Å². The molecule has 0 heterocycles. The molecule has 38 heavy (non-hydrogen) atoms. The highest BCUT2D eigenvalue weighted by Crippen LogP contribution is 2.14. The molecule has 1 N–H and O–H groups in total. The SMILES string of the molecule is CCCCCCCCCCCCCCCCCC[N+](C)(C)CCC.CS(=O)(=O)[O-].CS(=O)(=O)[O-].C[NH+](C)C. The summed E-state index contributed by atoms with van der Waals surface area (Å²) in [6, 6.07) is 0. The second-order valence-corrected chi connectivity index (χ2v) is 14.4. The quantitative estimate of drug-likeness (QED) is 0.131. The molecular weight excluding hydrogens is 524 g/mol. The van der Waals surface area contributed by atoms with Gasteiger partial charge in [-0.15, -0.1) is 0 Å². The molecule has 0 aliphatic rings. The monoisotopic (exact) mass is 590 g/mol. The maximum absolute atomic E-state index is 9.08. The topological polar surface area (TPSA) is 119 Å². The van der Waals surface area contributed by atoms with E-state index in [1.54, 1.807) is 0 Å². The van der Waals surface area contributed by atoms with Gasteiger partial charge in [-0.3, -0.25) is 0 Å². The fourth-order valence-electron chi connectivity index (χ4n) is 3.81. The van der Waals surface area contributed by atoms with E-state index in [4.69, 9.17) is 25.9 Å². The molecule has 0 saturated carbocycles. The van der Waals surface area contributed by atoms with E-state index in [9.17, 15) is 0 Å². The number of nitrogens with one attached hydrogen (secondary N) is 1. The van der Waals surface area contributed by atoms with Crippen molar-refractivity contribution >= 4 is 20.2 Å². The Kier molecular flexibility index (Phi) is 35.0. The summed E-state index contributed by atoms with van der Waals surface area (Å²) in [6.45, 7) is 7.30. The lowest BCUT2D eigenvalue weighted by molar-refractivity contribution is -0.890. The standard InChI is InChI=1S/C23H50N.C3H9N.2CH4O3S/c1-5-7-8-9-10-11-12-13-14-15-16-17-18-19-20-21-23-24(3,4)22-6-2;1-4(2)3;2*1-5(2,3)4/h5-23H2,1-4H3;1-3H3;2*1H3,(H,2,3,4)/q+1;;;/p-1. The second-order valence-electron chi connectivity index (χ2n) is 11.6. The van der Waals surface area contributed by atoms with Crippen LogP contribution in [0.1, 0.15) is 123 Å². The summed E-state index contributed by atoms with van der Waals surface area (Å²) in [5.41, 5.74) is 0. The average molecular weight is 591 g/mol. The Labute approximate surface area is 239 Å². The van der Waals surface area contributed by atoms with Crippen LogP contribution in [0.4, 0.5) is 0 Å². The highest BCUT2D eigenvalue weighted by atomic mass is 32.2. The Morgan fingerprint density at radius 1 is 0.500 bits per heavy atom. The van der Waals surface area contributed by atoms with Crippen molar-refractivity contribution in [2.45, 2.75) is 123 Å². The van der Waals surface area contributed by atoms with Crippen molar-refractivity contribution in [2.75, 3.05) is 60.8 Å². The van der Waals surface area contributed by atoms with Crippen molar-refractivity contribution in [1.82, 2.24) is 0 Å². The largest absolute Gasteiger partial charge is 0.748 e. The molecule has 0 bridgehead atoms. The number of quaternary nitrogens is 2. The van der Waals surface area contributed by atoms with Gasteiger partial charge in [0, 0.05) is 12.5 Å². The van der Waals surface area contributed by atoms with E-state index >= 15 is 0 Å². The summed E-state index contributed by atoms with van der Waals surface area (Å²) < 4.78 is 55.7. The minimum Gasteiger partial charge on any atom is -0.748 e. The molecule has 8 nitrogen and oxygen atoms in total. The Bertz CT molecular complexity index is 618. The zero-order chi connectivity index (χ0) is 30.5. The van der Waals surface area contributed by atoms with E-state index in [1.165, 1.54) is 132 Å².